The number of benzene rings is 2. The Kier molecular flexibility index (Phi) is 6.95. The molecule has 0 radical (unpaired) electrons. The van der Waals surface area contributed by atoms with E-state index in [0.29, 0.717) is 17.8 Å². The van der Waals surface area contributed by atoms with E-state index in [9.17, 15) is 4.79 Å². The molecule has 0 saturated carbocycles. The highest BCUT2D eigenvalue weighted by Crippen LogP contribution is 2.21. The number of allylic oxidation sites excluding steroid dienone is 2. The molecule has 0 spiro atoms. The van der Waals surface area contributed by atoms with Gasteiger partial charge in [-0.05, 0) is 37.1 Å². The van der Waals surface area contributed by atoms with Crippen LogP contribution in [0.2, 0.25) is 0 Å². The Labute approximate surface area is 154 Å². The Balaban J connectivity index is 2.18. The fourth-order valence-electron chi connectivity index (χ4n) is 2.84. The Morgan fingerprint density at radius 2 is 1.77 bits per heavy atom. The number of nitrogens with one attached hydrogen (secondary N) is 2. The number of ketones is 1. The van der Waals surface area contributed by atoms with E-state index in [1.807, 2.05) is 54.6 Å². The zero-order valence-corrected chi connectivity index (χ0v) is 15.1. The van der Waals surface area contributed by atoms with Crippen molar-refractivity contribution in [1.29, 1.82) is 5.26 Å². The van der Waals surface area contributed by atoms with Crippen molar-refractivity contribution >= 4 is 17.0 Å². The molecule has 0 bridgehead atoms. The molecule has 0 aliphatic heterocycles. The summed E-state index contributed by atoms with van der Waals surface area (Å²) in [5, 5.41) is 15.5. The van der Waals surface area contributed by atoms with Crippen molar-refractivity contribution in [2.75, 3.05) is 18.4 Å². The minimum atomic E-state index is -0.0531. The molecular formula is C21H24N4O. The first-order valence-electron chi connectivity index (χ1n) is 8.49. The van der Waals surface area contributed by atoms with E-state index in [2.05, 4.69) is 16.7 Å². The van der Waals surface area contributed by atoms with Gasteiger partial charge in [0.15, 0.2) is 5.78 Å². The van der Waals surface area contributed by atoms with Crippen LogP contribution in [-0.4, -0.2) is 18.9 Å². The molecule has 134 valence electrons. The molecule has 0 aliphatic rings. The third-order valence-corrected chi connectivity index (χ3v) is 4.06. The molecule has 5 heteroatoms. The van der Waals surface area contributed by atoms with Crippen LogP contribution in [0.3, 0.4) is 0 Å². The number of nitrogens with zero attached hydrogens (tertiary/aromatic N) is 1. The number of anilines is 1. The monoisotopic (exact) mass is 348 g/mol. The molecule has 0 aliphatic carbocycles. The molecule has 1 unspecified atom stereocenters. The smallest absolute Gasteiger partial charge is 0.162 e. The number of rotatable bonds is 8. The molecule has 26 heavy (non-hydrogen) atoms. The maximum atomic E-state index is 11.8. The number of Topliss-reactive ketones (excluding diaryl/α,β-unsaturated/α-hetero) is 1. The second-order valence-electron chi connectivity index (χ2n) is 6.07. The van der Waals surface area contributed by atoms with Gasteiger partial charge in [0, 0.05) is 23.5 Å². The Hall–Kier alpha value is -3.10. The minimum absolute atomic E-state index is 0.0346. The van der Waals surface area contributed by atoms with Crippen molar-refractivity contribution < 1.29 is 4.79 Å². The summed E-state index contributed by atoms with van der Waals surface area (Å²) in [6, 6.07) is 19.7. The van der Waals surface area contributed by atoms with Gasteiger partial charge in [-0.25, -0.2) is 0 Å². The van der Waals surface area contributed by atoms with Crippen molar-refractivity contribution in [3.63, 3.8) is 0 Å². The van der Waals surface area contributed by atoms with Crippen LogP contribution in [0.4, 0.5) is 5.69 Å². The largest absolute Gasteiger partial charge is 0.402 e. The fourth-order valence-corrected chi connectivity index (χ4v) is 2.84. The van der Waals surface area contributed by atoms with Crippen LogP contribution in [0, 0.1) is 11.3 Å². The van der Waals surface area contributed by atoms with Crippen LogP contribution in [0.15, 0.2) is 60.3 Å². The van der Waals surface area contributed by atoms with Crippen LogP contribution in [0.25, 0.3) is 5.57 Å². The first kappa shape index (κ1) is 19.2. The summed E-state index contributed by atoms with van der Waals surface area (Å²) in [6.07, 6.45) is 0. The van der Waals surface area contributed by atoms with Gasteiger partial charge in [-0.15, -0.1) is 0 Å². The number of para-hydroxylation sites is 1. The third kappa shape index (κ3) is 5.20. The molecule has 0 saturated heterocycles. The van der Waals surface area contributed by atoms with Crippen LogP contribution in [0.5, 0.6) is 0 Å². The van der Waals surface area contributed by atoms with E-state index in [1.54, 1.807) is 6.92 Å². The predicted octanol–water partition coefficient (Wildman–Crippen LogP) is 3.23. The van der Waals surface area contributed by atoms with Crippen LogP contribution >= 0.6 is 0 Å². The zero-order valence-electron chi connectivity index (χ0n) is 15.1. The number of hydrogen-bond acceptors (Lipinski definition) is 5. The van der Waals surface area contributed by atoms with Gasteiger partial charge in [-0.3, -0.25) is 10.1 Å². The van der Waals surface area contributed by atoms with Crippen LogP contribution < -0.4 is 16.4 Å². The second kappa shape index (κ2) is 9.40. The summed E-state index contributed by atoms with van der Waals surface area (Å²) in [4.78, 5) is 11.8. The van der Waals surface area contributed by atoms with Gasteiger partial charge in [0.1, 0.15) is 0 Å². The molecule has 1 atom stereocenters. The number of carbonyl (C=O) groups is 1. The van der Waals surface area contributed by atoms with Gasteiger partial charge < -0.3 is 11.1 Å². The van der Waals surface area contributed by atoms with Crippen molar-refractivity contribution in [3.8, 4) is 6.07 Å². The Morgan fingerprint density at radius 1 is 1.12 bits per heavy atom. The summed E-state index contributed by atoms with van der Waals surface area (Å²) in [6.45, 7) is 4.13. The summed E-state index contributed by atoms with van der Waals surface area (Å²) in [7, 11) is 0. The second-order valence-corrected chi connectivity index (χ2v) is 6.07. The fraction of sp³-hybridized carbons (Fsp3) is 0.238. The minimum Gasteiger partial charge on any atom is -0.402 e. The van der Waals surface area contributed by atoms with Crippen molar-refractivity contribution in [3.05, 3.63) is 71.4 Å². The maximum absolute atomic E-state index is 11.8. The molecule has 0 aromatic heterocycles. The molecule has 2 aromatic rings. The number of nitriles is 1. The molecule has 0 amide bonds. The molecule has 2 aromatic carbocycles. The molecule has 4 N–H and O–H groups in total. The average molecular weight is 348 g/mol. The molecule has 5 nitrogen and oxygen atoms in total. The van der Waals surface area contributed by atoms with Gasteiger partial charge >= 0.3 is 0 Å². The lowest BCUT2D eigenvalue weighted by atomic mass is 9.97. The van der Waals surface area contributed by atoms with Gasteiger partial charge in [-0.1, -0.05) is 42.5 Å². The highest BCUT2D eigenvalue weighted by molar-refractivity contribution is 6.20. The first-order chi connectivity index (χ1) is 12.5. The number of nitrogens with two attached hydrogens (primary N) is 1. The molecule has 2 rings (SSSR count). The lowest BCUT2D eigenvalue weighted by molar-refractivity contribution is -0.111. The van der Waals surface area contributed by atoms with E-state index < -0.39 is 0 Å². The normalized spacial score (nSPS) is 12.7. The van der Waals surface area contributed by atoms with Gasteiger partial charge in [0.2, 0.25) is 0 Å². The highest BCUT2D eigenvalue weighted by Gasteiger charge is 2.13. The van der Waals surface area contributed by atoms with Gasteiger partial charge in [-0.2, -0.15) is 5.26 Å². The third-order valence-electron chi connectivity index (χ3n) is 4.06. The van der Waals surface area contributed by atoms with E-state index >= 15 is 0 Å². The average Bonchev–Trinajstić information content (AvgIpc) is 2.63. The van der Waals surface area contributed by atoms with Crippen molar-refractivity contribution in [1.82, 2.24) is 5.32 Å². The standard InChI is InChI=1S/C21H24N4O/c1-15(23)21(16(2)26)18-10-8-17(9-11-18)20(24-13-12-22)14-25-19-6-4-3-5-7-19/h3-11,20,24-25H,13-14,23H2,1-2H3/b21-15+. The van der Waals surface area contributed by atoms with Crippen molar-refractivity contribution in [2.45, 2.75) is 19.9 Å². The predicted molar refractivity (Wildman–Crippen MR) is 105 cm³/mol. The zero-order chi connectivity index (χ0) is 18.9. The summed E-state index contributed by atoms with van der Waals surface area (Å²) in [5.74, 6) is -0.0531. The molecule has 0 fully saturated rings. The number of hydrogen-bond donors (Lipinski definition) is 3. The van der Waals surface area contributed by atoms with E-state index in [-0.39, 0.29) is 18.4 Å². The SMILES string of the molecule is CC(=O)/C(=C(/C)N)c1ccc(C(CNc2ccccc2)NCC#N)cc1. The summed E-state index contributed by atoms with van der Waals surface area (Å²) >= 11 is 0. The summed E-state index contributed by atoms with van der Waals surface area (Å²) in [5.41, 5.74) is 9.75. The highest BCUT2D eigenvalue weighted by atomic mass is 16.1. The van der Waals surface area contributed by atoms with E-state index in [0.717, 1.165) is 16.8 Å². The topological polar surface area (TPSA) is 90.9 Å². The van der Waals surface area contributed by atoms with Gasteiger partial charge in [0.25, 0.3) is 0 Å². The lowest BCUT2D eigenvalue weighted by Gasteiger charge is -2.20. The van der Waals surface area contributed by atoms with E-state index in [1.165, 1.54) is 6.92 Å². The van der Waals surface area contributed by atoms with Gasteiger partial charge in [0.05, 0.1) is 18.7 Å². The van der Waals surface area contributed by atoms with Crippen molar-refractivity contribution in [2.24, 2.45) is 5.73 Å². The Bertz CT molecular complexity index is 800. The maximum Gasteiger partial charge on any atom is 0.162 e. The Morgan fingerprint density at radius 3 is 2.31 bits per heavy atom. The molecular weight excluding hydrogens is 324 g/mol. The molecule has 0 heterocycles. The first-order valence-corrected chi connectivity index (χ1v) is 8.49. The number of carbonyl (C=O) groups excluding carboxylic acids is 1. The lowest BCUT2D eigenvalue weighted by Crippen LogP contribution is -2.28. The van der Waals surface area contributed by atoms with Crippen LogP contribution in [-0.2, 0) is 4.79 Å². The van der Waals surface area contributed by atoms with E-state index in [4.69, 9.17) is 11.0 Å². The summed E-state index contributed by atoms with van der Waals surface area (Å²) < 4.78 is 0. The quantitative estimate of drug-likeness (QED) is 0.503. The van der Waals surface area contributed by atoms with Crippen LogP contribution in [0.1, 0.15) is 31.0 Å².